The standard InChI is InChI=1S/C18H27NO4S/c1-3-23-10-6-9-19(11-13(2)18(21)22)17(20)15-12-24-16-8-5-4-7-14(15)16/h12-13H,3-11H2,1-2H3,(H,21,22). The summed E-state index contributed by atoms with van der Waals surface area (Å²) in [6.07, 6.45) is 5.05. The number of amides is 1. The van der Waals surface area contributed by atoms with Crippen LogP contribution in [0, 0.1) is 5.92 Å². The minimum atomic E-state index is -0.870. The zero-order valence-electron chi connectivity index (χ0n) is 14.5. The summed E-state index contributed by atoms with van der Waals surface area (Å²) < 4.78 is 5.35. The van der Waals surface area contributed by atoms with Gasteiger partial charge in [-0.25, -0.2) is 0 Å². The van der Waals surface area contributed by atoms with Gasteiger partial charge in [0.2, 0.25) is 0 Å². The fraction of sp³-hybridized carbons (Fsp3) is 0.667. The van der Waals surface area contributed by atoms with Gasteiger partial charge in [0.1, 0.15) is 0 Å². The smallest absolute Gasteiger partial charge is 0.308 e. The lowest BCUT2D eigenvalue weighted by atomic mass is 9.95. The minimum absolute atomic E-state index is 0.0287. The van der Waals surface area contributed by atoms with Gasteiger partial charge in [-0.3, -0.25) is 9.59 Å². The molecule has 1 unspecified atom stereocenters. The van der Waals surface area contributed by atoms with Crippen LogP contribution in [-0.4, -0.2) is 48.2 Å². The van der Waals surface area contributed by atoms with Crippen LogP contribution < -0.4 is 0 Å². The van der Waals surface area contributed by atoms with E-state index in [0.717, 1.165) is 31.2 Å². The molecule has 0 fully saturated rings. The van der Waals surface area contributed by atoms with Crippen LogP contribution in [0.1, 0.15) is 53.9 Å². The van der Waals surface area contributed by atoms with Gasteiger partial charge < -0.3 is 14.7 Å². The van der Waals surface area contributed by atoms with E-state index in [0.29, 0.717) is 19.8 Å². The van der Waals surface area contributed by atoms with Crippen molar-refractivity contribution in [2.24, 2.45) is 5.92 Å². The lowest BCUT2D eigenvalue weighted by molar-refractivity contribution is -0.141. The van der Waals surface area contributed by atoms with Gasteiger partial charge in [-0.2, -0.15) is 0 Å². The Kier molecular flexibility index (Phi) is 7.24. The summed E-state index contributed by atoms with van der Waals surface area (Å²) >= 11 is 1.67. The molecule has 0 saturated heterocycles. The van der Waals surface area contributed by atoms with Gasteiger partial charge in [0.25, 0.3) is 5.91 Å². The molecule has 6 heteroatoms. The van der Waals surface area contributed by atoms with Gasteiger partial charge in [-0.15, -0.1) is 11.3 Å². The molecule has 5 nitrogen and oxygen atoms in total. The molecule has 0 bridgehead atoms. The van der Waals surface area contributed by atoms with Gasteiger partial charge in [-0.05, 0) is 44.6 Å². The van der Waals surface area contributed by atoms with Gasteiger partial charge >= 0.3 is 5.97 Å². The first kappa shape index (κ1) is 18.9. The molecule has 1 aliphatic carbocycles. The summed E-state index contributed by atoms with van der Waals surface area (Å²) in [5, 5.41) is 11.1. The van der Waals surface area contributed by atoms with Crippen molar-refractivity contribution >= 4 is 23.2 Å². The highest BCUT2D eigenvalue weighted by atomic mass is 32.1. The molecule has 2 rings (SSSR count). The molecule has 0 aromatic carbocycles. The van der Waals surface area contributed by atoms with Crippen LogP contribution in [0.3, 0.4) is 0 Å². The van der Waals surface area contributed by atoms with E-state index >= 15 is 0 Å². The lowest BCUT2D eigenvalue weighted by Gasteiger charge is -2.25. The second-order valence-electron chi connectivity index (χ2n) is 6.30. The Hall–Kier alpha value is -1.40. The highest BCUT2D eigenvalue weighted by molar-refractivity contribution is 7.10. The summed E-state index contributed by atoms with van der Waals surface area (Å²) in [4.78, 5) is 27.2. The fourth-order valence-corrected chi connectivity index (χ4v) is 4.15. The third-order valence-corrected chi connectivity index (χ3v) is 5.50. The fourth-order valence-electron chi connectivity index (χ4n) is 3.03. The summed E-state index contributed by atoms with van der Waals surface area (Å²) in [7, 11) is 0. The first-order valence-electron chi connectivity index (χ1n) is 8.73. The maximum absolute atomic E-state index is 13.0. The first-order valence-corrected chi connectivity index (χ1v) is 9.61. The number of aryl methyl sites for hydroxylation is 1. The average molecular weight is 353 g/mol. The molecule has 24 heavy (non-hydrogen) atoms. The molecular formula is C18H27NO4S. The van der Waals surface area contributed by atoms with Crippen molar-refractivity contribution in [1.82, 2.24) is 4.90 Å². The number of nitrogens with zero attached hydrogens (tertiary/aromatic N) is 1. The van der Waals surface area contributed by atoms with E-state index in [4.69, 9.17) is 4.74 Å². The second-order valence-corrected chi connectivity index (χ2v) is 7.26. The SMILES string of the molecule is CCOCCCN(CC(C)C(=O)O)C(=O)c1csc2c1CCCC2. The molecule has 1 aromatic rings. The topological polar surface area (TPSA) is 66.8 Å². The van der Waals surface area contributed by atoms with Crippen LogP contribution in [0.5, 0.6) is 0 Å². The van der Waals surface area contributed by atoms with E-state index in [1.54, 1.807) is 23.2 Å². The van der Waals surface area contributed by atoms with Crippen molar-refractivity contribution < 1.29 is 19.4 Å². The van der Waals surface area contributed by atoms with Crippen LogP contribution in [0.15, 0.2) is 5.38 Å². The summed E-state index contributed by atoms with van der Waals surface area (Å²) in [6.45, 7) is 5.59. The van der Waals surface area contributed by atoms with Crippen LogP contribution in [-0.2, 0) is 22.4 Å². The van der Waals surface area contributed by atoms with Crippen LogP contribution in [0.4, 0.5) is 0 Å². The second kappa shape index (κ2) is 9.18. The number of aliphatic carboxylic acids is 1. The molecule has 1 aliphatic rings. The Morgan fingerprint density at radius 3 is 2.83 bits per heavy atom. The van der Waals surface area contributed by atoms with Crippen molar-refractivity contribution in [3.8, 4) is 0 Å². The Balaban J connectivity index is 2.10. The number of thiophene rings is 1. The third kappa shape index (κ3) is 4.80. The van der Waals surface area contributed by atoms with Crippen LogP contribution in [0.2, 0.25) is 0 Å². The molecule has 0 saturated carbocycles. The number of carboxylic acids is 1. The number of rotatable bonds is 9. The maximum Gasteiger partial charge on any atom is 0.308 e. The van der Waals surface area contributed by atoms with E-state index in [9.17, 15) is 14.7 Å². The minimum Gasteiger partial charge on any atom is -0.481 e. The molecule has 134 valence electrons. The Labute approximate surface area is 147 Å². The Morgan fingerprint density at radius 1 is 1.38 bits per heavy atom. The van der Waals surface area contributed by atoms with Gasteiger partial charge in [0, 0.05) is 36.6 Å². The van der Waals surface area contributed by atoms with Crippen molar-refractivity contribution in [3.63, 3.8) is 0 Å². The zero-order chi connectivity index (χ0) is 17.5. The molecule has 0 spiro atoms. The van der Waals surface area contributed by atoms with E-state index in [1.807, 2.05) is 12.3 Å². The average Bonchev–Trinajstić information content (AvgIpc) is 3.00. The molecule has 1 N–H and O–H groups in total. The van der Waals surface area contributed by atoms with E-state index in [-0.39, 0.29) is 12.5 Å². The highest BCUT2D eigenvalue weighted by Crippen LogP contribution is 2.31. The number of carbonyl (C=O) groups is 2. The summed E-state index contributed by atoms with van der Waals surface area (Å²) in [5.74, 6) is -1.47. The maximum atomic E-state index is 13.0. The number of hydrogen-bond acceptors (Lipinski definition) is 4. The first-order chi connectivity index (χ1) is 11.5. The van der Waals surface area contributed by atoms with Crippen molar-refractivity contribution in [2.45, 2.75) is 46.0 Å². The van der Waals surface area contributed by atoms with E-state index in [1.165, 1.54) is 16.9 Å². The van der Waals surface area contributed by atoms with Crippen LogP contribution >= 0.6 is 11.3 Å². The number of carboxylic acid groups (broad SMARTS) is 1. The molecular weight excluding hydrogens is 326 g/mol. The predicted molar refractivity (Wildman–Crippen MR) is 94.8 cm³/mol. The molecule has 1 heterocycles. The molecule has 0 aliphatic heterocycles. The lowest BCUT2D eigenvalue weighted by Crippen LogP contribution is -2.38. The van der Waals surface area contributed by atoms with Crippen LogP contribution in [0.25, 0.3) is 0 Å². The highest BCUT2D eigenvalue weighted by Gasteiger charge is 2.26. The van der Waals surface area contributed by atoms with Crippen molar-refractivity contribution in [1.29, 1.82) is 0 Å². The van der Waals surface area contributed by atoms with E-state index in [2.05, 4.69) is 0 Å². The van der Waals surface area contributed by atoms with Gasteiger partial charge in [0.15, 0.2) is 0 Å². The predicted octanol–water partition coefficient (Wildman–Crippen LogP) is 3.22. The summed E-state index contributed by atoms with van der Waals surface area (Å²) in [5.41, 5.74) is 1.97. The number of fused-ring (bicyclic) bond motifs is 1. The number of hydrogen-bond donors (Lipinski definition) is 1. The Morgan fingerprint density at radius 2 is 2.12 bits per heavy atom. The van der Waals surface area contributed by atoms with Gasteiger partial charge in [-0.1, -0.05) is 6.92 Å². The zero-order valence-corrected chi connectivity index (χ0v) is 15.4. The number of ether oxygens (including phenoxy) is 1. The third-order valence-electron chi connectivity index (χ3n) is 4.42. The quantitative estimate of drug-likeness (QED) is 0.692. The molecule has 1 atom stereocenters. The molecule has 1 aromatic heterocycles. The van der Waals surface area contributed by atoms with Gasteiger partial charge in [0.05, 0.1) is 11.5 Å². The largest absolute Gasteiger partial charge is 0.481 e. The molecule has 1 amide bonds. The van der Waals surface area contributed by atoms with E-state index < -0.39 is 11.9 Å². The Bertz CT molecular complexity index is 569. The summed E-state index contributed by atoms with van der Waals surface area (Å²) in [6, 6.07) is 0. The van der Waals surface area contributed by atoms with Crippen molar-refractivity contribution in [3.05, 3.63) is 21.4 Å². The number of carbonyl (C=O) groups excluding carboxylic acids is 1. The molecule has 0 radical (unpaired) electrons. The van der Waals surface area contributed by atoms with Crippen molar-refractivity contribution in [2.75, 3.05) is 26.3 Å². The monoisotopic (exact) mass is 353 g/mol. The normalized spacial score (nSPS) is 14.9.